The van der Waals surface area contributed by atoms with Crippen molar-refractivity contribution in [3.63, 3.8) is 0 Å². The van der Waals surface area contributed by atoms with Crippen molar-refractivity contribution in [2.24, 2.45) is 5.92 Å². The monoisotopic (exact) mass is 741 g/mol. The average Bonchev–Trinajstić information content (AvgIpc) is 3.48. The van der Waals surface area contributed by atoms with Gasteiger partial charge in [0.25, 0.3) is 0 Å². The Balaban J connectivity index is 1.51. The van der Waals surface area contributed by atoms with Crippen molar-refractivity contribution >= 4 is 25.9 Å². The summed E-state index contributed by atoms with van der Waals surface area (Å²) in [6, 6.07) is 19.2. The predicted molar refractivity (Wildman–Crippen MR) is 226 cm³/mol. The first kappa shape index (κ1) is 41.4. The van der Waals surface area contributed by atoms with Crippen molar-refractivity contribution in [2.45, 2.75) is 124 Å². The van der Waals surface area contributed by atoms with Crippen LogP contribution < -0.4 is 4.90 Å². The van der Waals surface area contributed by atoms with Gasteiger partial charge in [0.15, 0.2) is 5.71 Å². The van der Waals surface area contributed by atoms with Crippen LogP contribution in [0, 0.1) is 5.92 Å². The minimum absolute atomic E-state index is 0.0427. The Bertz CT molecular complexity index is 1640. The first-order valence-electron chi connectivity index (χ1n) is 20.8. The van der Waals surface area contributed by atoms with Crippen molar-refractivity contribution < 1.29 is 17.9 Å². The van der Waals surface area contributed by atoms with E-state index in [2.05, 4.69) is 136 Å². The summed E-state index contributed by atoms with van der Waals surface area (Å²) < 4.78 is 21.3. The summed E-state index contributed by atoms with van der Waals surface area (Å²) in [5, 5.41) is 0. The maximum absolute atomic E-state index is 6.26. The molecule has 0 aromatic heterocycles. The first-order chi connectivity index (χ1) is 25.5. The highest BCUT2D eigenvalue weighted by Gasteiger charge is 2.45. The third-order valence-electron chi connectivity index (χ3n) is 11.8. The molecule has 1 saturated carbocycles. The smallest absolute Gasteiger partial charge is 0.374 e. The van der Waals surface area contributed by atoms with Crippen LogP contribution in [0.2, 0.25) is 6.04 Å². The minimum Gasteiger partial charge on any atom is -0.374 e. The summed E-state index contributed by atoms with van der Waals surface area (Å²) >= 11 is 0. The van der Waals surface area contributed by atoms with Crippen LogP contribution >= 0.6 is 0 Å². The molecule has 2 atom stereocenters. The van der Waals surface area contributed by atoms with E-state index in [0.717, 1.165) is 51.4 Å². The fourth-order valence-corrected chi connectivity index (χ4v) is 12.0. The summed E-state index contributed by atoms with van der Waals surface area (Å²) in [4.78, 5) is 5.20. The van der Waals surface area contributed by atoms with Crippen LogP contribution in [-0.2, 0) is 24.1 Å². The van der Waals surface area contributed by atoms with E-state index in [1.807, 2.05) is 20.8 Å². The van der Waals surface area contributed by atoms with Crippen molar-refractivity contribution in [2.75, 3.05) is 51.4 Å². The van der Waals surface area contributed by atoms with E-state index in [4.69, 9.17) is 13.3 Å². The molecule has 2 aromatic rings. The Morgan fingerprint density at radius 2 is 1.51 bits per heavy atom. The lowest BCUT2D eigenvalue weighted by Gasteiger charge is -2.39. The van der Waals surface area contributed by atoms with E-state index in [9.17, 15) is 0 Å². The molecule has 53 heavy (non-hydrogen) atoms. The molecule has 290 valence electrons. The molecule has 2 aromatic carbocycles. The molecule has 1 fully saturated rings. The number of anilines is 1. The number of benzene rings is 2. The fourth-order valence-electron chi connectivity index (χ4n) is 9.41. The van der Waals surface area contributed by atoms with Crippen LogP contribution in [0.4, 0.5) is 11.4 Å². The van der Waals surface area contributed by atoms with Crippen LogP contribution in [0.25, 0.3) is 0 Å². The van der Waals surface area contributed by atoms with Gasteiger partial charge in [-0.05, 0) is 104 Å². The van der Waals surface area contributed by atoms with Crippen LogP contribution in [0.15, 0.2) is 84.1 Å². The molecule has 3 aliphatic rings. The Morgan fingerprint density at radius 1 is 0.849 bits per heavy atom. The maximum Gasteiger partial charge on any atom is 0.500 e. The lowest BCUT2D eigenvalue weighted by atomic mass is 9.77. The molecule has 0 N–H and O–H groups in total. The summed E-state index contributed by atoms with van der Waals surface area (Å²) in [5.74, 6) is 0.405. The molecule has 0 spiro atoms. The second kappa shape index (κ2) is 18.2. The van der Waals surface area contributed by atoms with Gasteiger partial charge in [-0.25, -0.2) is 0 Å². The van der Waals surface area contributed by atoms with Gasteiger partial charge in [0, 0.05) is 79.4 Å². The lowest BCUT2D eigenvalue weighted by Crippen LogP contribution is -2.47. The lowest BCUT2D eigenvalue weighted by molar-refractivity contribution is -0.437. The number of hydrogen-bond acceptors (Lipinski definition) is 5. The third-order valence-corrected chi connectivity index (χ3v) is 15.0. The summed E-state index contributed by atoms with van der Waals surface area (Å²) in [6.45, 7) is 25.2. The summed E-state index contributed by atoms with van der Waals surface area (Å²) in [7, 11) is -0.376. The quantitative estimate of drug-likeness (QED) is 0.112. The van der Waals surface area contributed by atoms with Crippen LogP contribution in [0.5, 0.6) is 0 Å². The fraction of sp³-hybridized carbons (Fsp3) is 0.587. The molecule has 7 heteroatoms. The van der Waals surface area contributed by atoms with Crippen LogP contribution in [0.3, 0.4) is 0 Å². The SMILES string of the molecule is CCCN1/C(=C/C=C2\CCCC(/C=C/C3=[N+](CCC)c4ccccc4C3(C)C)C2N(C)CCC[Si](OCC)(OCC)OCC)C(C)(C)c2ccccc21. The predicted octanol–water partition coefficient (Wildman–Crippen LogP) is 10.6. The van der Waals surface area contributed by atoms with Gasteiger partial charge in [-0.1, -0.05) is 81.8 Å². The average molecular weight is 741 g/mol. The summed E-state index contributed by atoms with van der Waals surface area (Å²) in [6.07, 6.45) is 16.8. The van der Waals surface area contributed by atoms with Gasteiger partial charge in [0.05, 0.1) is 5.41 Å². The number of rotatable bonds is 18. The number of likely N-dealkylation sites (N-methyl/N-ethyl adjacent to an activating group) is 1. The largest absolute Gasteiger partial charge is 0.500 e. The van der Waals surface area contributed by atoms with E-state index >= 15 is 0 Å². The molecule has 5 rings (SSSR count). The molecule has 2 unspecified atom stereocenters. The van der Waals surface area contributed by atoms with Gasteiger partial charge in [0.2, 0.25) is 5.69 Å². The Labute approximate surface area is 324 Å². The van der Waals surface area contributed by atoms with E-state index < -0.39 is 8.80 Å². The van der Waals surface area contributed by atoms with Crippen molar-refractivity contribution in [1.29, 1.82) is 0 Å². The number of nitrogens with zero attached hydrogens (tertiary/aromatic N) is 3. The number of hydrogen-bond donors (Lipinski definition) is 0. The number of fused-ring (bicyclic) bond motifs is 2. The Hall–Kier alpha value is -2.81. The van der Waals surface area contributed by atoms with Crippen LogP contribution in [-0.4, -0.2) is 76.5 Å². The first-order valence-corrected chi connectivity index (χ1v) is 22.8. The molecular weight excluding hydrogens is 671 g/mol. The molecule has 0 saturated heterocycles. The maximum atomic E-state index is 6.26. The normalized spacial score (nSPS) is 22.5. The van der Waals surface area contributed by atoms with E-state index in [1.54, 1.807) is 0 Å². The standard InChI is InChI=1S/C46H70N3O3Si/c1-11-32-48-40-26-18-16-24-38(40)45(6,7)42(48)30-28-36-22-20-23-37(44(36)47(10)34-21-35-53(50-13-3,51-14-4)52-15-5)29-31-43-46(8,9)39-25-17-19-27-41(39)49(43)33-12-2/h16-19,24-31,36,44H,11-15,20-23,32-35H2,1-10H3/q+1/b30-28+,37-29+,43-31+. The Morgan fingerprint density at radius 3 is 2.17 bits per heavy atom. The molecular formula is C46H70N3O3Si+. The van der Waals surface area contributed by atoms with Gasteiger partial charge in [0.1, 0.15) is 6.54 Å². The van der Waals surface area contributed by atoms with Gasteiger partial charge in [-0.15, -0.1) is 0 Å². The number of allylic oxidation sites excluding steroid dienone is 4. The van der Waals surface area contributed by atoms with E-state index in [1.165, 1.54) is 52.3 Å². The zero-order valence-corrected chi connectivity index (χ0v) is 35.8. The highest BCUT2D eigenvalue weighted by atomic mass is 28.4. The van der Waals surface area contributed by atoms with E-state index in [0.29, 0.717) is 31.8 Å². The zero-order chi connectivity index (χ0) is 38.2. The molecule has 1 aliphatic carbocycles. The molecule has 0 bridgehead atoms. The molecule has 6 nitrogen and oxygen atoms in total. The molecule has 2 heterocycles. The van der Waals surface area contributed by atoms with Crippen molar-refractivity contribution in [1.82, 2.24) is 4.90 Å². The summed E-state index contributed by atoms with van der Waals surface area (Å²) in [5.41, 5.74) is 9.86. The van der Waals surface area contributed by atoms with E-state index in [-0.39, 0.29) is 10.8 Å². The minimum atomic E-state index is -2.72. The van der Waals surface area contributed by atoms with Gasteiger partial charge < -0.3 is 18.2 Å². The van der Waals surface area contributed by atoms with Gasteiger partial charge in [-0.3, -0.25) is 4.90 Å². The molecule has 2 aliphatic heterocycles. The topological polar surface area (TPSA) is 37.2 Å². The highest BCUT2D eigenvalue weighted by Crippen LogP contribution is 2.48. The number of para-hydroxylation sites is 2. The van der Waals surface area contributed by atoms with Gasteiger partial charge >= 0.3 is 8.80 Å². The molecule has 0 radical (unpaired) electrons. The van der Waals surface area contributed by atoms with Crippen molar-refractivity contribution in [3.8, 4) is 0 Å². The third kappa shape index (κ3) is 8.70. The Kier molecular flexibility index (Phi) is 14.2. The van der Waals surface area contributed by atoms with Crippen molar-refractivity contribution in [3.05, 3.63) is 95.2 Å². The second-order valence-electron chi connectivity index (χ2n) is 16.2. The van der Waals surface area contributed by atoms with Gasteiger partial charge in [-0.2, -0.15) is 4.58 Å². The van der Waals surface area contributed by atoms with Crippen LogP contribution in [0.1, 0.15) is 112 Å². The molecule has 0 amide bonds. The zero-order valence-electron chi connectivity index (χ0n) is 34.8. The second-order valence-corrected chi connectivity index (χ2v) is 18.9. The highest BCUT2D eigenvalue weighted by molar-refractivity contribution is 6.60.